The highest BCUT2D eigenvalue weighted by molar-refractivity contribution is 5.39. The second-order valence-corrected chi connectivity index (χ2v) is 4.01. The van der Waals surface area contributed by atoms with Crippen molar-refractivity contribution in [3.05, 3.63) is 59.8 Å². The molecule has 1 atom stereocenters. The summed E-state index contributed by atoms with van der Waals surface area (Å²) in [6.45, 7) is 2.04. The quantitative estimate of drug-likeness (QED) is 0.845. The van der Waals surface area contributed by atoms with Gasteiger partial charge in [0.25, 0.3) is 0 Å². The number of anilines is 1. The number of nitrogens with one attached hydrogen (secondary N) is 1. The van der Waals surface area contributed by atoms with Crippen LogP contribution in [0.5, 0.6) is 0 Å². The Bertz CT molecular complexity index is 453. The molecule has 0 radical (unpaired) electrons. The first-order chi connectivity index (χ1) is 8.29. The van der Waals surface area contributed by atoms with Gasteiger partial charge < -0.3 is 10.4 Å². The van der Waals surface area contributed by atoms with E-state index in [0.717, 1.165) is 16.9 Å². The fourth-order valence-corrected chi connectivity index (χ4v) is 1.65. The minimum atomic E-state index is -0.119. The molecule has 1 aromatic carbocycles. The van der Waals surface area contributed by atoms with Crippen LogP contribution in [0.25, 0.3) is 0 Å². The second kappa shape index (κ2) is 5.46. The zero-order valence-corrected chi connectivity index (χ0v) is 9.80. The Morgan fingerprint density at radius 2 is 1.94 bits per heavy atom. The number of benzene rings is 1. The molecule has 0 amide bonds. The van der Waals surface area contributed by atoms with Crippen LogP contribution < -0.4 is 5.32 Å². The van der Waals surface area contributed by atoms with E-state index in [1.807, 2.05) is 55.6 Å². The molecule has 0 spiro atoms. The molecule has 2 aromatic rings. The highest BCUT2D eigenvalue weighted by Crippen LogP contribution is 2.17. The Morgan fingerprint density at radius 3 is 2.53 bits per heavy atom. The smallest absolute Gasteiger partial charge is 0.126 e. The molecule has 17 heavy (non-hydrogen) atoms. The maximum Gasteiger partial charge on any atom is 0.126 e. The Hall–Kier alpha value is -1.87. The highest BCUT2D eigenvalue weighted by Gasteiger charge is 2.09. The summed E-state index contributed by atoms with van der Waals surface area (Å²) in [5, 5.41) is 12.6. The second-order valence-electron chi connectivity index (χ2n) is 4.01. The Labute approximate surface area is 101 Å². The van der Waals surface area contributed by atoms with Crippen LogP contribution in [0, 0.1) is 6.92 Å². The van der Waals surface area contributed by atoms with Crippen LogP contribution >= 0.6 is 0 Å². The first kappa shape index (κ1) is 11.6. The summed E-state index contributed by atoms with van der Waals surface area (Å²) >= 11 is 0. The highest BCUT2D eigenvalue weighted by atomic mass is 16.3. The number of hydrogen-bond acceptors (Lipinski definition) is 3. The number of rotatable bonds is 4. The fraction of sp³-hybridized carbons (Fsp3) is 0.214. The van der Waals surface area contributed by atoms with E-state index in [1.54, 1.807) is 0 Å². The van der Waals surface area contributed by atoms with Gasteiger partial charge in [-0.2, -0.15) is 0 Å². The van der Waals surface area contributed by atoms with Crippen LogP contribution in [-0.4, -0.2) is 16.7 Å². The van der Waals surface area contributed by atoms with Crippen LogP contribution in [-0.2, 0) is 0 Å². The predicted octanol–water partition coefficient (Wildman–Crippen LogP) is 2.54. The topological polar surface area (TPSA) is 45.1 Å². The molecule has 1 aromatic heterocycles. The van der Waals surface area contributed by atoms with Crippen LogP contribution in [0.1, 0.15) is 17.2 Å². The number of aryl methyl sites for hydroxylation is 1. The Kier molecular flexibility index (Phi) is 3.73. The van der Waals surface area contributed by atoms with Gasteiger partial charge in [0.05, 0.1) is 12.6 Å². The standard InChI is InChI=1S/C14H16N2O/c1-11-7-8-14(15-9-11)16-13(10-17)12-5-3-2-4-6-12/h2-9,13,17H,10H2,1H3,(H,15,16). The van der Waals surface area contributed by atoms with E-state index in [4.69, 9.17) is 0 Å². The number of pyridine rings is 1. The lowest BCUT2D eigenvalue weighted by Crippen LogP contribution is -2.15. The van der Waals surface area contributed by atoms with Crippen molar-refractivity contribution in [1.82, 2.24) is 4.98 Å². The van der Waals surface area contributed by atoms with E-state index in [2.05, 4.69) is 10.3 Å². The van der Waals surface area contributed by atoms with Crippen molar-refractivity contribution in [2.24, 2.45) is 0 Å². The molecule has 88 valence electrons. The van der Waals surface area contributed by atoms with Crippen molar-refractivity contribution >= 4 is 5.82 Å². The lowest BCUT2D eigenvalue weighted by atomic mass is 10.1. The number of hydrogen-bond donors (Lipinski definition) is 2. The number of nitrogens with zero attached hydrogens (tertiary/aromatic N) is 1. The minimum Gasteiger partial charge on any atom is -0.394 e. The van der Waals surface area contributed by atoms with Crippen molar-refractivity contribution in [3.8, 4) is 0 Å². The van der Waals surface area contributed by atoms with Gasteiger partial charge in [0.15, 0.2) is 0 Å². The lowest BCUT2D eigenvalue weighted by Gasteiger charge is -2.17. The van der Waals surface area contributed by atoms with Crippen LogP contribution in [0.2, 0.25) is 0 Å². The van der Waals surface area contributed by atoms with Crippen LogP contribution in [0.15, 0.2) is 48.7 Å². The molecule has 0 aliphatic heterocycles. The summed E-state index contributed by atoms with van der Waals surface area (Å²) in [6.07, 6.45) is 1.81. The van der Waals surface area contributed by atoms with Gasteiger partial charge in [-0.3, -0.25) is 0 Å². The minimum absolute atomic E-state index is 0.0412. The van der Waals surface area contributed by atoms with Crippen molar-refractivity contribution in [3.63, 3.8) is 0 Å². The third-order valence-electron chi connectivity index (χ3n) is 2.62. The molecule has 1 unspecified atom stereocenters. The third-order valence-corrected chi connectivity index (χ3v) is 2.62. The molecule has 3 heteroatoms. The summed E-state index contributed by atoms with van der Waals surface area (Å²) < 4.78 is 0. The molecular weight excluding hydrogens is 212 g/mol. The van der Waals surface area contributed by atoms with E-state index >= 15 is 0 Å². The summed E-state index contributed by atoms with van der Waals surface area (Å²) in [7, 11) is 0. The number of aliphatic hydroxyl groups is 1. The molecule has 0 saturated heterocycles. The van der Waals surface area contributed by atoms with E-state index in [1.165, 1.54) is 0 Å². The average Bonchev–Trinajstić information content (AvgIpc) is 2.39. The molecule has 2 rings (SSSR count). The van der Waals surface area contributed by atoms with Gasteiger partial charge in [-0.15, -0.1) is 0 Å². The zero-order valence-electron chi connectivity index (χ0n) is 9.80. The molecule has 0 aliphatic rings. The molecule has 0 bridgehead atoms. The zero-order chi connectivity index (χ0) is 12.1. The predicted molar refractivity (Wildman–Crippen MR) is 68.9 cm³/mol. The summed E-state index contributed by atoms with van der Waals surface area (Å²) in [6, 6.07) is 13.7. The average molecular weight is 228 g/mol. The van der Waals surface area contributed by atoms with Crippen molar-refractivity contribution in [2.45, 2.75) is 13.0 Å². The van der Waals surface area contributed by atoms with Crippen LogP contribution in [0.4, 0.5) is 5.82 Å². The number of aromatic nitrogens is 1. The summed E-state index contributed by atoms with van der Waals surface area (Å²) in [5.74, 6) is 0.776. The molecule has 0 aliphatic carbocycles. The van der Waals surface area contributed by atoms with Gasteiger partial charge in [-0.05, 0) is 24.1 Å². The van der Waals surface area contributed by atoms with E-state index in [9.17, 15) is 5.11 Å². The summed E-state index contributed by atoms with van der Waals surface area (Å²) in [5.41, 5.74) is 2.17. The molecule has 2 N–H and O–H groups in total. The molecule has 0 fully saturated rings. The summed E-state index contributed by atoms with van der Waals surface area (Å²) in [4.78, 5) is 4.27. The Balaban J connectivity index is 2.13. The van der Waals surface area contributed by atoms with Crippen molar-refractivity contribution < 1.29 is 5.11 Å². The normalized spacial score (nSPS) is 12.1. The third kappa shape index (κ3) is 3.04. The van der Waals surface area contributed by atoms with Gasteiger partial charge in [0.2, 0.25) is 0 Å². The van der Waals surface area contributed by atoms with Crippen LogP contribution in [0.3, 0.4) is 0 Å². The first-order valence-electron chi connectivity index (χ1n) is 5.64. The molecular formula is C14H16N2O. The molecule has 0 saturated carbocycles. The first-order valence-corrected chi connectivity index (χ1v) is 5.64. The SMILES string of the molecule is Cc1ccc(NC(CO)c2ccccc2)nc1. The lowest BCUT2D eigenvalue weighted by molar-refractivity contribution is 0.276. The Morgan fingerprint density at radius 1 is 1.18 bits per heavy atom. The molecule has 1 heterocycles. The number of aliphatic hydroxyl groups excluding tert-OH is 1. The van der Waals surface area contributed by atoms with Gasteiger partial charge in [-0.1, -0.05) is 36.4 Å². The maximum atomic E-state index is 9.41. The van der Waals surface area contributed by atoms with E-state index < -0.39 is 0 Å². The molecule has 3 nitrogen and oxygen atoms in total. The van der Waals surface area contributed by atoms with Crippen molar-refractivity contribution in [1.29, 1.82) is 0 Å². The van der Waals surface area contributed by atoms with Gasteiger partial charge >= 0.3 is 0 Å². The fourth-order valence-electron chi connectivity index (χ4n) is 1.65. The van der Waals surface area contributed by atoms with E-state index in [0.29, 0.717) is 0 Å². The van der Waals surface area contributed by atoms with E-state index in [-0.39, 0.29) is 12.6 Å². The maximum absolute atomic E-state index is 9.41. The largest absolute Gasteiger partial charge is 0.394 e. The van der Waals surface area contributed by atoms with Gasteiger partial charge in [0, 0.05) is 6.20 Å². The monoisotopic (exact) mass is 228 g/mol. The van der Waals surface area contributed by atoms with Gasteiger partial charge in [-0.25, -0.2) is 4.98 Å². The van der Waals surface area contributed by atoms with Crippen molar-refractivity contribution in [2.75, 3.05) is 11.9 Å². The van der Waals surface area contributed by atoms with Gasteiger partial charge in [0.1, 0.15) is 5.82 Å².